The minimum atomic E-state index is -0.410. The van der Waals surface area contributed by atoms with E-state index in [0.717, 1.165) is 24.1 Å². The summed E-state index contributed by atoms with van der Waals surface area (Å²) in [5.41, 5.74) is 1.34. The number of hydrogen-bond acceptors (Lipinski definition) is 2. The SMILES string of the molecule is CCc1cn2c(n1)NCCC2c1cc(F)ccc1F. The molecule has 0 amide bonds. The van der Waals surface area contributed by atoms with Gasteiger partial charge in [-0.2, -0.15) is 0 Å². The van der Waals surface area contributed by atoms with Gasteiger partial charge in [-0.1, -0.05) is 6.92 Å². The van der Waals surface area contributed by atoms with E-state index in [2.05, 4.69) is 10.3 Å². The fourth-order valence-electron chi connectivity index (χ4n) is 2.52. The van der Waals surface area contributed by atoms with Crippen molar-refractivity contribution in [2.24, 2.45) is 0 Å². The van der Waals surface area contributed by atoms with Crippen molar-refractivity contribution in [1.82, 2.24) is 9.55 Å². The lowest BCUT2D eigenvalue weighted by atomic mass is 10.0. The van der Waals surface area contributed by atoms with Gasteiger partial charge in [0.15, 0.2) is 0 Å². The fourth-order valence-corrected chi connectivity index (χ4v) is 2.52. The summed E-state index contributed by atoms with van der Waals surface area (Å²) in [7, 11) is 0. The van der Waals surface area contributed by atoms with E-state index in [1.807, 2.05) is 17.7 Å². The summed E-state index contributed by atoms with van der Waals surface area (Å²) in [6.45, 7) is 2.73. The molecule has 1 aliphatic heterocycles. The van der Waals surface area contributed by atoms with Gasteiger partial charge in [0.05, 0.1) is 11.7 Å². The zero-order chi connectivity index (χ0) is 13.4. The average Bonchev–Trinajstić information content (AvgIpc) is 2.84. The first-order valence-electron chi connectivity index (χ1n) is 6.45. The Morgan fingerprint density at radius 1 is 1.42 bits per heavy atom. The maximum Gasteiger partial charge on any atom is 0.203 e. The molecule has 1 atom stereocenters. The minimum Gasteiger partial charge on any atom is -0.356 e. The van der Waals surface area contributed by atoms with Crippen LogP contribution in [0, 0.1) is 11.6 Å². The van der Waals surface area contributed by atoms with E-state index in [9.17, 15) is 8.78 Å². The monoisotopic (exact) mass is 263 g/mol. The van der Waals surface area contributed by atoms with Gasteiger partial charge in [-0.25, -0.2) is 13.8 Å². The van der Waals surface area contributed by atoms with Crippen molar-refractivity contribution in [2.45, 2.75) is 25.8 Å². The van der Waals surface area contributed by atoms with E-state index in [1.54, 1.807) is 0 Å². The Labute approximate surface area is 110 Å². The third-order valence-electron chi connectivity index (χ3n) is 3.50. The first kappa shape index (κ1) is 12.1. The summed E-state index contributed by atoms with van der Waals surface area (Å²) in [5.74, 6) is -0.0462. The Morgan fingerprint density at radius 3 is 3.05 bits per heavy atom. The summed E-state index contributed by atoms with van der Waals surface area (Å²) < 4.78 is 29.2. The van der Waals surface area contributed by atoms with Crippen molar-refractivity contribution in [3.8, 4) is 0 Å². The number of hydrogen-bond donors (Lipinski definition) is 1. The lowest BCUT2D eigenvalue weighted by molar-refractivity contribution is 0.489. The van der Waals surface area contributed by atoms with Crippen LogP contribution in [0.1, 0.15) is 30.6 Å². The maximum absolute atomic E-state index is 13.9. The molecule has 0 aliphatic carbocycles. The number of anilines is 1. The Balaban J connectivity index is 2.07. The van der Waals surface area contributed by atoms with Crippen molar-refractivity contribution >= 4 is 5.95 Å². The number of nitrogens with one attached hydrogen (secondary N) is 1. The summed E-state index contributed by atoms with van der Waals surface area (Å²) in [5, 5.41) is 3.19. The first-order valence-corrected chi connectivity index (χ1v) is 6.45. The van der Waals surface area contributed by atoms with Crippen LogP contribution in [0.25, 0.3) is 0 Å². The molecule has 1 aromatic heterocycles. The second-order valence-electron chi connectivity index (χ2n) is 4.71. The highest BCUT2D eigenvalue weighted by molar-refractivity contribution is 5.36. The molecule has 1 aromatic carbocycles. The molecule has 19 heavy (non-hydrogen) atoms. The topological polar surface area (TPSA) is 29.9 Å². The summed E-state index contributed by atoms with van der Waals surface area (Å²) >= 11 is 0. The lowest BCUT2D eigenvalue weighted by Gasteiger charge is -2.26. The van der Waals surface area contributed by atoms with Gasteiger partial charge in [0, 0.05) is 18.3 Å². The second-order valence-corrected chi connectivity index (χ2v) is 4.71. The highest BCUT2D eigenvalue weighted by Gasteiger charge is 2.25. The van der Waals surface area contributed by atoms with E-state index in [4.69, 9.17) is 0 Å². The zero-order valence-corrected chi connectivity index (χ0v) is 10.7. The number of fused-ring (bicyclic) bond motifs is 1. The summed E-state index contributed by atoms with van der Waals surface area (Å²) in [4.78, 5) is 4.43. The van der Waals surface area contributed by atoms with Crippen molar-refractivity contribution < 1.29 is 8.78 Å². The summed E-state index contributed by atoms with van der Waals surface area (Å²) in [6, 6.07) is 3.41. The molecule has 3 rings (SSSR count). The van der Waals surface area contributed by atoms with Crippen molar-refractivity contribution in [1.29, 1.82) is 0 Å². The number of aromatic nitrogens is 2. The number of halogens is 2. The number of aryl methyl sites for hydroxylation is 1. The Kier molecular flexibility index (Phi) is 2.97. The predicted molar refractivity (Wildman–Crippen MR) is 69.2 cm³/mol. The zero-order valence-electron chi connectivity index (χ0n) is 10.7. The van der Waals surface area contributed by atoms with Gasteiger partial charge in [0.1, 0.15) is 11.6 Å². The molecule has 0 saturated carbocycles. The molecule has 0 bridgehead atoms. The molecule has 3 nitrogen and oxygen atoms in total. The molecular weight excluding hydrogens is 248 g/mol. The predicted octanol–water partition coefficient (Wildman–Crippen LogP) is 3.13. The molecule has 1 N–H and O–H groups in total. The van der Waals surface area contributed by atoms with Gasteiger partial charge in [0.2, 0.25) is 5.95 Å². The quantitative estimate of drug-likeness (QED) is 0.902. The van der Waals surface area contributed by atoms with E-state index in [0.29, 0.717) is 18.5 Å². The second kappa shape index (κ2) is 4.64. The normalized spacial score (nSPS) is 17.9. The molecule has 0 saturated heterocycles. The van der Waals surface area contributed by atoms with E-state index in [1.165, 1.54) is 12.1 Å². The molecule has 2 heterocycles. The third-order valence-corrected chi connectivity index (χ3v) is 3.50. The number of nitrogens with zero attached hydrogens (tertiary/aromatic N) is 2. The average molecular weight is 263 g/mol. The Bertz CT molecular complexity index is 607. The van der Waals surface area contributed by atoms with Gasteiger partial charge >= 0.3 is 0 Å². The van der Waals surface area contributed by atoms with Crippen LogP contribution in [0.15, 0.2) is 24.4 Å². The lowest BCUT2D eigenvalue weighted by Crippen LogP contribution is -2.24. The van der Waals surface area contributed by atoms with Crippen LogP contribution in [0.5, 0.6) is 0 Å². The smallest absolute Gasteiger partial charge is 0.203 e. The van der Waals surface area contributed by atoms with Crippen LogP contribution in [0.2, 0.25) is 0 Å². The van der Waals surface area contributed by atoms with E-state index < -0.39 is 5.82 Å². The highest BCUT2D eigenvalue weighted by Crippen LogP contribution is 2.31. The van der Waals surface area contributed by atoms with Crippen LogP contribution in [-0.2, 0) is 6.42 Å². The highest BCUT2D eigenvalue weighted by atomic mass is 19.1. The Hall–Kier alpha value is -1.91. The number of imidazole rings is 1. The molecule has 5 heteroatoms. The fraction of sp³-hybridized carbons (Fsp3) is 0.357. The van der Waals surface area contributed by atoms with Crippen LogP contribution in [0.4, 0.5) is 14.7 Å². The molecule has 0 fully saturated rings. The van der Waals surface area contributed by atoms with Gasteiger partial charge in [-0.3, -0.25) is 0 Å². The van der Waals surface area contributed by atoms with E-state index in [-0.39, 0.29) is 11.9 Å². The number of benzene rings is 1. The van der Waals surface area contributed by atoms with Crippen molar-refractivity contribution in [2.75, 3.05) is 11.9 Å². The Morgan fingerprint density at radius 2 is 2.26 bits per heavy atom. The molecule has 1 aliphatic rings. The van der Waals surface area contributed by atoms with E-state index >= 15 is 0 Å². The third kappa shape index (κ3) is 2.09. The van der Waals surface area contributed by atoms with Gasteiger partial charge < -0.3 is 9.88 Å². The molecule has 0 radical (unpaired) electrons. The van der Waals surface area contributed by atoms with Crippen molar-refractivity contribution in [3.05, 3.63) is 47.3 Å². The van der Waals surface area contributed by atoms with Crippen LogP contribution < -0.4 is 5.32 Å². The van der Waals surface area contributed by atoms with Crippen LogP contribution >= 0.6 is 0 Å². The maximum atomic E-state index is 13.9. The van der Waals surface area contributed by atoms with Gasteiger partial charge in [-0.15, -0.1) is 0 Å². The standard InChI is InChI=1S/C14H15F2N3/c1-2-10-8-19-13(5-6-17-14(19)18-10)11-7-9(15)3-4-12(11)16/h3-4,7-8,13H,2,5-6H2,1H3,(H,17,18). The van der Waals surface area contributed by atoms with Crippen molar-refractivity contribution in [3.63, 3.8) is 0 Å². The number of rotatable bonds is 2. The minimum absolute atomic E-state index is 0.195. The molecular formula is C14H15F2N3. The van der Waals surface area contributed by atoms with Gasteiger partial charge in [-0.05, 0) is 31.0 Å². The largest absolute Gasteiger partial charge is 0.356 e. The molecule has 0 spiro atoms. The molecule has 2 aromatic rings. The first-order chi connectivity index (χ1) is 9.19. The summed E-state index contributed by atoms with van der Waals surface area (Å²) in [6.07, 6.45) is 3.45. The van der Waals surface area contributed by atoms with Gasteiger partial charge in [0.25, 0.3) is 0 Å². The van der Waals surface area contributed by atoms with Crippen LogP contribution in [-0.4, -0.2) is 16.1 Å². The molecule has 100 valence electrons. The van der Waals surface area contributed by atoms with Crippen LogP contribution in [0.3, 0.4) is 0 Å². The molecule has 1 unspecified atom stereocenters.